The van der Waals surface area contributed by atoms with E-state index in [9.17, 15) is 0 Å². The molecule has 2 rings (SSSR count). The number of benzene rings is 2. The summed E-state index contributed by atoms with van der Waals surface area (Å²) in [5.74, 6) is 0. The summed E-state index contributed by atoms with van der Waals surface area (Å²) in [5, 5.41) is 2.12. The van der Waals surface area contributed by atoms with Gasteiger partial charge in [0.2, 0.25) is 0 Å². The summed E-state index contributed by atoms with van der Waals surface area (Å²) in [6, 6.07) is 19.8. The van der Waals surface area contributed by atoms with E-state index in [-0.39, 0.29) is 7.92 Å². The topological polar surface area (TPSA) is 0 Å². The van der Waals surface area contributed by atoms with Crippen molar-refractivity contribution in [2.75, 3.05) is 0 Å². The summed E-state index contributed by atoms with van der Waals surface area (Å²) in [7, 11) is -0.244. The minimum Gasteiger partial charge on any atom is -0.0643 e. The fraction of sp³-hybridized carbons (Fsp3) is 0.400. The molecule has 21 heavy (non-hydrogen) atoms. The van der Waals surface area contributed by atoms with Crippen LogP contribution in [0.1, 0.15) is 41.5 Å². The van der Waals surface area contributed by atoms with Crippen molar-refractivity contribution in [3.8, 4) is 11.1 Å². The summed E-state index contributed by atoms with van der Waals surface area (Å²) in [6.07, 6.45) is 0. The second-order valence-corrected chi connectivity index (χ2v) is 11.5. The maximum absolute atomic E-state index is 2.40. The van der Waals surface area contributed by atoms with Crippen molar-refractivity contribution in [1.82, 2.24) is 0 Å². The highest BCUT2D eigenvalue weighted by molar-refractivity contribution is 7.68. The highest BCUT2D eigenvalue weighted by Gasteiger charge is 2.35. The van der Waals surface area contributed by atoms with E-state index >= 15 is 0 Å². The lowest BCUT2D eigenvalue weighted by atomic mass is 10.1. The zero-order valence-electron chi connectivity index (χ0n) is 14.1. The molecule has 0 N–H and O–H groups in total. The van der Waals surface area contributed by atoms with Crippen LogP contribution in [0, 0.1) is 0 Å². The summed E-state index contributed by atoms with van der Waals surface area (Å²) in [5.41, 5.74) is 2.63. The zero-order valence-corrected chi connectivity index (χ0v) is 15.0. The van der Waals surface area contributed by atoms with Crippen LogP contribution in [0.4, 0.5) is 0 Å². The van der Waals surface area contributed by atoms with Crippen LogP contribution in [0.25, 0.3) is 11.1 Å². The van der Waals surface area contributed by atoms with Gasteiger partial charge >= 0.3 is 0 Å². The quantitative estimate of drug-likeness (QED) is 0.591. The van der Waals surface area contributed by atoms with Crippen LogP contribution in [0.15, 0.2) is 54.6 Å². The molecular formula is C20H27P. The van der Waals surface area contributed by atoms with Crippen LogP contribution in [0.2, 0.25) is 0 Å². The molecule has 0 atom stereocenters. The molecule has 0 unspecified atom stereocenters. The van der Waals surface area contributed by atoms with Crippen LogP contribution >= 0.6 is 7.92 Å². The van der Waals surface area contributed by atoms with E-state index in [1.54, 1.807) is 0 Å². The van der Waals surface area contributed by atoms with Gasteiger partial charge in [0.15, 0.2) is 0 Å². The minimum absolute atomic E-state index is 0.244. The second-order valence-electron chi connectivity index (χ2n) is 7.59. The molecule has 1 heteroatoms. The van der Waals surface area contributed by atoms with Crippen molar-refractivity contribution < 1.29 is 0 Å². The lowest BCUT2D eigenvalue weighted by Crippen LogP contribution is -2.31. The van der Waals surface area contributed by atoms with E-state index in [1.807, 2.05) is 0 Å². The molecule has 0 aliphatic heterocycles. The molecule has 0 radical (unpaired) electrons. The van der Waals surface area contributed by atoms with E-state index < -0.39 is 0 Å². The molecular weight excluding hydrogens is 271 g/mol. The second kappa shape index (κ2) is 5.93. The first-order chi connectivity index (χ1) is 9.69. The van der Waals surface area contributed by atoms with Gasteiger partial charge < -0.3 is 0 Å². The molecule has 0 nitrogen and oxygen atoms in total. The first-order valence-corrected chi connectivity index (χ1v) is 8.99. The Morgan fingerprint density at radius 2 is 1.14 bits per heavy atom. The monoisotopic (exact) mass is 298 g/mol. The maximum atomic E-state index is 2.40. The van der Waals surface area contributed by atoms with Gasteiger partial charge in [-0.25, -0.2) is 0 Å². The van der Waals surface area contributed by atoms with Gasteiger partial charge in [-0.05, 0) is 32.8 Å². The van der Waals surface area contributed by atoms with Gasteiger partial charge in [-0.15, -0.1) is 0 Å². The molecule has 0 aliphatic carbocycles. The smallest absolute Gasteiger partial charge is 0.0134 e. The van der Waals surface area contributed by atoms with Gasteiger partial charge in [-0.2, -0.15) is 0 Å². The molecule has 0 aromatic heterocycles. The predicted molar refractivity (Wildman–Crippen MR) is 97.9 cm³/mol. The van der Waals surface area contributed by atoms with Gasteiger partial charge in [-0.1, -0.05) is 98.0 Å². The average molecular weight is 298 g/mol. The largest absolute Gasteiger partial charge is 0.0643 e. The first-order valence-electron chi connectivity index (χ1n) is 7.65. The Balaban J connectivity index is 2.49. The summed E-state index contributed by atoms with van der Waals surface area (Å²) in [4.78, 5) is 0. The normalized spacial score (nSPS) is 12.7. The Hall–Kier alpha value is -1.13. The summed E-state index contributed by atoms with van der Waals surface area (Å²) >= 11 is 0. The molecule has 0 fully saturated rings. The van der Waals surface area contributed by atoms with Crippen molar-refractivity contribution in [2.45, 2.75) is 51.9 Å². The molecule has 0 amide bonds. The standard InChI is InChI=1S/C20H27P/c1-19(2,3)21(20(4,5)6)18-14-10-13-17(15-18)16-11-8-7-9-12-16/h7-15H,1-6H3. The van der Waals surface area contributed by atoms with E-state index in [0.717, 1.165) is 0 Å². The first kappa shape index (κ1) is 16.2. The highest BCUT2D eigenvalue weighted by atomic mass is 31.1. The van der Waals surface area contributed by atoms with E-state index in [1.165, 1.54) is 16.4 Å². The van der Waals surface area contributed by atoms with Crippen molar-refractivity contribution in [3.05, 3.63) is 54.6 Å². The van der Waals surface area contributed by atoms with E-state index in [4.69, 9.17) is 0 Å². The fourth-order valence-electron chi connectivity index (χ4n) is 3.24. The summed E-state index contributed by atoms with van der Waals surface area (Å²) in [6.45, 7) is 14.2. The number of hydrogen-bond acceptors (Lipinski definition) is 0. The summed E-state index contributed by atoms with van der Waals surface area (Å²) < 4.78 is 0. The lowest BCUT2D eigenvalue weighted by molar-refractivity contribution is 0.715. The molecule has 2 aromatic rings. The molecule has 0 saturated carbocycles. The van der Waals surface area contributed by atoms with Gasteiger partial charge in [0.25, 0.3) is 0 Å². The zero-order chi connectivity index (χ0) is 15.7. The third kappa shape index (κ3) is 3.95. The Morgan fingerprint density at radius 3 is 1.67 bits per heavy atom. The van der Waals surface area contributed by atoms with Crippen LogP contribution in [0.3, 0.4) is 0 Å². The minimum atomic E-state index is -0.244. The molecule has 0 aliphatic rings. The third-order valence-corrected chi connectivity index (χ3v) is 7.03. The van der Waals surface area contributed by atoms with Crippen molar-refractivity contribution >= 4 is 13.2 Å². The average Bonchev–Trinajstić information content (AvgIpc) is 2.37. The van der Waals surface area contributed by atoms with Gasteiger partial charge in [0, 0.05) is 0 Å². The maximum Gasteiger partial charge on any atom is -0.0134 e. The Labute approximate surface area is 131 Å². The van der Waals surface area contributed by atoms with Crippen molar-refractivity contribution in [3.63, 3.8) is 0 Å². The lowest BCUT2D eigenvalue weighted by Gasteiger charge is -2.42. The molecule has 0 spiro atoms. The van der Waals surface area contributed by atoms with Crippen molar-refractivity contribution in [1.29, 1.82) is 0 Å². The van der Waals surface area contributed by atoms with Gasteiger partial charge in [0.1, 0.15) is 0 Å². The number of rotatable bonds is 2. The highest BCUT2D eigenvalue weighted by Crippen LogP contribution is 2.58. The third-order valence-electron chi connectivity index (χ3n) is 3.55. The molecule has 112 valence electrons. The van der Waals surface area contributed by atoms with E-state index in [2.05, 4.69) is 96.1 Å². The van der Waals surface area contributed by atoms with Crippen molar-refractivity contribution in [2.24, 2.45) is 0 Å². The van der Waals surface area contributed by atoms with Gasteiger partial charge in [0.05, 0.1) is 0 Å². The number of hydrogen-bond donors (Lipinski definition) is 0. The van der Waals surface area contributed by atoms with Gasteiger partial charge in [-0.3, -0.25) is 0 Å². The SMILES string of the molecule is CC(C)(C)P(c1cccc(-c2ccccc2)c1)C(C)(C)C. The molecule has 0 bridgehead atoms. The predicted octanol–water partition coefficient (Wildman–Crippen LogP) is 6.06. The Kier molecular flexibility index (Phi) is 4.59. The fourth-order valence-corrected chi connectivity index (χ4v) is 7.30. The Morgan fingerprint density at radius 1 is 0.619 bits per heavy atom. The van der Waals surface area contributed by atoms with Crippen LogP contribution in [-0.2, 0) is 0 Å². The molecule has 2 aromatic carbocycles. The van der Waals surface area contributed by atoms with E-state index in [0.29, 0.717) is 10.3 Å². The molecule has 0 saturated heterocycles. The van der Waals surface area contributed by atoms with Crippen LogP contribution < -0.4 is 5.30 Å². The molecule has 0 heterocycles. The van der Waals surface area contributed by atoms with Crippen LogP contribution in [0.5, 0.6) is 0 Å². The Bertz CT molecular complexity index is 571. The van der Waals surface area contributed by atoms with Crippen LogP contribution in [-0.4, -0.2) is 10.3 Å².